The average molecular weight is 294 g/mol. The molecule has 1 heterocycles. The van der Waals surface area contributed by atoms with Crippen LogP contribution < -0.4 is 9.47 Å². The maximum absolute atomic E-state index is 5.71. The summed E-state index contributed by atoms with van der Waals surface area (Å²) in [5.41, 5.74) is 0. The first kappa shape index (κ1) is 11.9. The molecule has 0 atom stereocenters. The van der Waals surface area contributed by atoms with Gasteiger partial charge < -0.3 is 9.47 Å². The summed E-state index contributed by atoms with van der Waals surface area (Å²) in [6, 6.07) is 11.2. The van der Waals surface area contributed by atoms with E-state index in [2.05, 4.69) is 20.9 Å². The van der Waals surface area contributed by atoms with Gasteiger partial charge in [-0.2, -0.15) is 0 Å². The van der Waals surface area contributed by atoms with Crippen molar-refractivity contribution in [2.75, 3.05) is 6.61 Å². The lowest BCUT2D eigenvalue weighted by Crippen LogP contribution is -1.95. The van der Waals surface area contributed by atoms with Gasteiger partial charge in [-0.25, -0.2) is 4.98 Å². The van der Waals surface area contributed by atoms with Crippen molar-refractivity contribution in [3.8, 4) is 17.4 Å². The Morgan fingerprint density at radius 3 is 2.59 bits per heavy atom. The van der Waals surface area contributed by atoms with Gasteiger partial charge in [-0.3, -0.25) is 0 Å². The maximum Gasteiger partial charge on any atom is 0.233 e. The van der Waals surface area contributed by atoms with Gasteiger partial charge in [0.25, 0.3) is 0 Å². The topological polar surface area (TPSA) is 31.4 Å². The van der Waals surface area contributed by atoms with Gasteiger partial charge in [0.1, 0.15) is 0 Å². The Bertz CT molecular complexity index is 502. The van der Waals surface area contributed by atoms with Crippen molar-refractivity contribution in [1.29, 1.82) is 0 Å². The molecule has 1 aromatic heterocycles. The molecule has 0 amide bonds. The average Bonchev–Trinajstić information content (AvgIpc) is 2.35. The SMILES string of the molecule is CCOc1ccccc1Oc1ncccc1Br. The molecule has 88 valence electrons. The van der Waals surface area contributed by atoms with Crippen LogP contribution >= 0.6 is 15.9 Å². The highest BCUT2D eigenvalue weighted by Gasteiger charge is 2.07. The first-order chi connectivity index (χ1) is 8.31. The van der Waals surface area contributed by atoms with Gasteiger partial charge in [-0.1, -0.05) is 12.1 Å². The number of hydrogen-bond donors (Lipinski definition) is 0. The fraction of sp³-hybridized carbons (Fsp3) is 0.154. The number of ether oxygens (including phenoxy) is 2. The third kappa shape index (κ3) is 2.97. The normalized spacial score (nSPS) is 10.0. The fourth-order valence-corrected chi connectivity index (χ4v) is 1.70. The fourth-order valence-electron chi connectivity index (χ4n) is 1.36. The zero-order chi connectivity index (χ0) is 12.1. The molecule has 0 unspecified atom stereocenters. The molecular weight excluding hydrogens is 282 g/mol. The van der Waals surface area contributed by atoms with Crippen molar-refractivity contribution in [3.05, 3.63) is 47.1 Å². The second-order valence-corrected chi connectivity index (χ2v) is 4.13. The quantitative estimate of drug-likeness (QED) is 0.853. The number of rotatable bonds is 4. The molecule has 0 bridgehead atoms. The monoisotopic (exact) mass is 293 g/mol. The van der Waals surface area contributed by atoms with Crippen LogP contribution in [0.4, 0.5) is 0 Å². The van der Waals surface area contributed by atoms with E-state index in [0.29, 0.717) is 24.0 Å². The summed E-state index contributed by atoms with van der Waals surface area (Å²) in [6.45, 7) is 2.54. The lowest BCUT2D eigenvalue weighted by molar-refractivity contribution is 0.319. The molecule has 0 spiro atoms. The Labute approximate surface area is 109 Å². The summed E-state index contributed by atoms with van der Waals surface area (Å²) in [5.74, 6) is 1.90. The number of hydrogen-bond acceptors (Lipinski definition) is 3. The van der Waals surface area contributed by atoms with Crippen molar-refractivity contribution in [2.24, 2.45) is 0 Å². The second-order valence-electron chi connectivity index (χ2n) is 3.27. The highest BCUT2D eigenvalue weighted by Crippen LogP contribution is 2.33. The summed E-state index contributed by atoms with van der Waals surface area (Å²) in [7, 11) is 0. The first-order valence-electron chi connectivity index (χ1n) is 5.31. The standard InChI is InChI=1S/C13H12BrNO2/c1-2-16-11-7-3-4-8-12(11)17-13-10(14)6-5-9-15-13/h3-9H,2H2,1H3. The second kappa shape index (κ2) is 5.68. The summed E-state index contributed by atoms with van der Waals surface area (Å²) in [6.07, 6.45) is 1.68. The van der Waals surface area contributed by atoms with E-state index in [4.69, 9.17) is 9.47 Å². The molecule has 0 N–H and O–H groups in total. The zero-order valence-corrected chi connectivity index (χ0v) is 11.0. The zero-order valence-electron chi connectivity index (χ0n) is 9.39. The van der Waals surface area contributed by atoms with E-state index in [0.717, 1.165) is 4.47 Å². The Hall–Kier alpha value is -1.55. The number of aromatic nitrogens is 1. The lowest BCUT2D eigenvalue weighted by atomic mass is 10.3. The minimum Gasteiger partial charge on any atom is -0.490 e. The van der Waals surface area contributed by atoms with E-state index in [9.17, 15) is 0 Å². The molecule has 1 aromatic carbocycles. The van der Waals surface area contributed by atoms with Crippen LogP contribution in [0, 0.1) is 0 Å². The van der Waals surface area contributed by atoms with Gasteiger partial charge >= 0.3 is 0 Å². The largest absolute Gasteiger partial charge is 0.490 e. The minimum absolute atomic E-state index is 0.527. The number of halogens is 1. The van der Waals surface area contributed by atoms with Crippen LogP contribution in [0.15, 0.2) is 47.1 Å². The van der Waals surface area contributed by atoms with Crippen LogP contribution in [0.3, 0.4) is 0 Å². The third-order valence-corrected chi connectivity index (χ3v) is 2.68. The third-order valence-electron chi connectivity index (χ3n) is 2.08. The van der Waals surface area contributed by atoms with Crippen LogP contribution in [0.25, 0.3) is 0 Å². The smallest absolute Gasteiger partial charge is 0.233 e. The van der Waals surface area contributed by atoms with Gasteiger partial charge in [-0.15, -0.1) is 0 Å². The molecule has 2 aromatic rings. The Balaban J connectivity index is 2.27. The summed E-state index contributed by atoms with van der Waals surface area (Å²) in [5, 5.41) is 0. The van der Waals surface area contributed by atoms with Gasteiger partial charge in [0.2, 0.25) is 5.88 Å². The Morgan fingerprint density at radius 2 is 1.88 bits per heavy atom. The van der Waals surface area contributed by atoms with Crippen molar-refractivity contribution in [3.63, 3.8) is 0 Å². The molecule has 0 fully saturated rings. The van der Waals surface area contributed by atoms with E-state index in [1.807, 2.05) is 43.3 Å². The molecule has 0 aliphatic carbocycles. The maximum atomic E-state index is 5.71. The summed E-state index contributed by atoms with van der Waals surface area (Å²) in [4.78, 5) is 4.15. The van der Waals surface area contributed by atoms with Crippen molar-refractivity contribution in [2.45, 2.75) is 6.92 Å². The van der Waals surface area contributed by atoms with Gasteiger partial charge in [0.15, 0.2) is 11.5 Å². The predicted molar refractivity (Wildman–Crippen MR) is 69.6 cm³/mol. The number of benzene rings is 1. The van der Waals surface area contributed by atoms with Crippen LogP contribution in [-0.4, -0.2) is 11.6 Å². The van der Waals surface area contributed by atoms with Gasteiger partial charge in [0, 0.05) is 6.20 Å². The first-order valence-corrected chi connectivity index (χ1v) is 6.10. The van der Waals surface area contributed by atoms with Crippen LogP contribution in [-0.2, 0) is 0 Å². The summed E-state index contributed by atoms with van der Waals surface area (Å²) < 4.78 is 12.0. The molecule has 0 saturated carbocycles. The Morgan fingerprint density at radius 1 is 1.12 bits per heavy atom. The number of nitrogens with zero attached hydrogens (tertiary/aromatic N) is 1. The van der Waals surface area contributed by atoms with Crippen molar-refractivity contribution >= 4 is 15.9 Å². The lowest BCUT2D eigenvalue weighted by Gasteiger charge is -2.11. The molecular formula is C13H12BrNO2. The van der Waals surface area contributed by atoms with Crippen LogP contribution in [0.5, 0.6) is 17.4 Å². The number of pyridine rings is 1. The van der Waals surface area contributed by atoms with Crippen LogP contribution in [0.2, 0.25) is 0 Å². The highest BCUT2D eigenvalue weighted by atomic mass is 79.9. The highest BCUT2D eigenvalue weighted by molar-refractivity contribution is 9.10. The van der Waals surface area contributed by atoms with Crippen LogP contribution in [0.1, 0.15) is 6.92 Å². The van der Waals surface area contributed by atoms with E-state index >= 15 is 0 Å². The molecule has 0 aliphatic rings. The molecule has 17 heavy (non-hydrogen) atoms. The molecule has 0 saturated heterocycles. The van der Waals surface area contributed by atoms with E-state index in [-0.39, 0.29) is 0 Å². The predicted octanol–water partition coefficient (Wildman–Crippen LogP) is 4.04. The van der Waals surface area contributed by atoms with E-state index in [1.165, 1.54) is 0 Å². The molecule has 2 rings (SSSR count). The summed E-state index contributed by atoms with van der Waals surface area (Å²) >= 11 is 3.39. The van der Waals surface area contributed by atoms with E-state index in [1.54, 1.807) is 6.20 Å². The molecule has 4 heteroatoms. The Kier molecular flexibility index (Phi) is 3.98. The minimum atomic E-state index is 0.527. The molecule has 3 nitrogen and oxygen atoms in total. The van der Waals surface area contributed by atoms with Crippen molar-refractivity contribution in [1.82, 2.24) is 4.98 Å². The van der Waals surface area contributed by atoms with Gasteiger partial charge in [-0.05, 0) is 47.1 Å². The van der Waals surface area contributed by atoms with Gasteiger partial charge in [0.05, 0.1) is 11.1 Å². The van der Waals surface area contributed by atoms with Crippen molar-refractivity contribution < 1.29 is 9.47 Å². The number of para-hydroxylation sites is 2. The molecule has 0 aliphatic heterocycles. The van der Waals surface area contributed by atoms with E-state index < -0.39 is 0 Å². The molecule has 0 radical (unpaired) electrons.